The molecule has 1 saturated heterocycles. The van der Waals surface area contributed by atoms with Crippen molar-refractivity contribution in [3.8, 4) is 0 Å². The average Bonchev–Trinajstić information content (AvgIpc) is 2.73. The molecule has 0 bridgehead atoms. The lowest BCUT2D eigenvalue weighted by Gasteiger charge is -2.35. The molecule has 3 rings (SSSR count). The zero-order valence-electron chi connectivity index (χ0n) is 16.6. The van der Waals surface area contributed by atoms with Crippen molar-refractivity contribution in [3.05, 3.63) is 47.7 Å². The van der Waals surface area contributed by atoms with Gasteiger partial charge in [0.1, 0.15) is 23.0 Å². The van der Waals surface area contributed by atoms with Crippen molar-refractivity contribution in [2.24, 2.45) is 0 Å². The summed E-state index contributed by atoms with van der Waals surface area (Å²) in [5, 5.41) is 6.11. The minimum absolute atomic E-state index is 0.00285. The van der Waals surface area contributed by atoms with Gasteiger partial charge in [0, 0.05) is 26.2 Å². The Labute approximate surface area is 179 Å². The number of piperidine rings is 1. The number of hydrogen-bond donors (Lipinski definition) is 3. The summed E-state index contributed by atoms with van der Waals surface area (Å²) in [7, 11) is 0. The van der Waals surface area contributed by atoms with Gasteiger partial charge in [-0.05, 0) is 37.1 Å². The Hall–Kier alpha value is -2.96. The highest BCUT2D eigenvalue weighted by Gasteiger charge is 2.28. The number of carbonyl (C=O) groups is 2. The SMILES string of the molecule is CC(=O)Nc1ccc(C(=O)Nc2c(F)ccc(N(N3CCCCC3)S(=O)O)c2F)cn1. The fraction of sp³-hybridized carbons (Fsp3) is 0.316. The second-order valence-electron chi connectivity index (χ2n) is 6.84. The third kappa shape index (κ3) is 5.40. The van der Waals surface area contributed by atoms with Gasteiger partial charge in [-0.15, -0.1) is 0 Å². The van der Waals surface area contributed by atoms with Crippen LogP contribution in [0.25, 0.3) is 0 Å². The van der Waals surface area contributed by atoms with Gasteiger partial charge in [-0.25, -0.2) is 23.0 Å². The maximum absolute atomic E-state index is 15.2. The maximum atomic E-state index is 15.2. The number of carbonyl (C=O) groups excluding carboxylic acids is 2. The van der Waals surface area contributed by atoms with Crippen LogP contribution in [0.3, 0.4) is 0 Å². The standard InChI is InChI=1S/C19H21F2N5O4S/c1-12(27)23-16-8-5-13(11-22-16)19(28)24-18-14(20)6-7-15(17(18)21)26(31(29)30)25-9-3-2-4-10-25/h5-8,11H,2-4,9-10H2,1H3,(H,24,28)(H,29,30)(H,22,23,27). The average molecular weight is 453 g/mol. The number of halogens is 2. The molecule has 31 heavy (non-hydrogen) atoms. The van der Waals surface area contributed by atoms with E-state index in [0.717, 1.165) is 42.0 Å². The lowest BCUT2D eigenvalue weighted by atomic mass is 10.1. The van der Waals surface area contributed by atoms with Crippen LogP contribution in [0.4, 0.5) is 26.0 Å². The van der Waals surface area contributed by atoms with E-state index < -0.39 is 34.5 Å². The highest BCUT2D eigenvalue weighted by Crippen LogP contribution is 2.31. The van der Waals surface area contributed by atoms with Gasteiger partial charge >= 0.3 is 0 Å². The van der Waals surface area contributed by atoms with Crippen LogP contribution >= 0.6 is 0 Å². The molecule has 166 valence electrons. The number of hydrazine groups is 1. The van der Waals surface area contributed by atoms with Gasteiger partial charge in [0.25, 0.3) is 17.2 Å². The van der Waals surface area contributed by atoms with Crippen LogP contribution in [0, 0.1) is 11.6 Å². The number of hydrogen-bond acceptors (Lipinski definition) is 5. The van der Waals surface area contributed by atoms with Gasteiger partial charge in [0.15, 0.2) is 5.82 Å². The van der Waals surface area contributed by atoms with Gasteiger partial charge in [-0.1, -0.05) is 6.42 Å². The van der Waals surface area contributed by atoms with Crippen LogP contribution in [0.15, 0.2) is 30.5 Å². The first-order valence-electron chi connectivity index (χ1n) is 9.47. The number of aromatic nitrogens is 1. The largest absolute Gasteiger partial charge is 0.317 e. The highest BCUT2D eigenvalue weighted by atomic mass is 32.2. The van der Waals surface area contributed by atoms with Crippen LogP contribution in [0.2, 0.25) is 0 Å². The zero-order valence-corrected chi connectivity index (χ0v) is 17.4. The molecule has 0 radical (unpaired) electrons. The fourth-order valence-electron chi connectivity index (χ4n) is 3.17. The number of amides is 2. The molecule has 3 N–H and O–H groups in total. The molecule has 2 amide bonds. The van der Waals surface area contributed by atoms with E-state index in [1.54, 1.807) is 0 Å². The minimum atomic E-state index is -2.59. The molecule has 1 fully saturated rings. The summed E-state index contributed by atoms with van der Waals surface area (Å²) in [4.78, 5) is 27.4. The normalized spacial score (nSPS) is 15.2. The summed E-state index contributed by atoms with van der Waals surface area (Å²) in [5.41, 5.74) is -1.09. The smallest absolute Gasteiger partial charge is 0.277 e. The Morgan fingerprint density at radius 3 is 2.42 bits per heavy atom. The quantitative estimate of drug-likeness (QED) is 0.580. The summed E-state index contributed by atoms with van der Waals surface area (Å²) in [6.07, 6.45) is 3.62. The molecule has 0 aliphatic carbocycles. The molecule has 0 saturated carbocycles. The van der Waals surface area contributed by atoms with Crippen molar-refractivity contribution in [1.29, 1.82) is 0 Å². The summed E-state index contributed by atoms with van der Waals surface area (Å²) >= 11 is -2.59. The molecule has 1 aliphatic heterocycles. The van der Waals surface area contributed by atoms with Gasteiger partial charge < -0.3 is 10.6 Å². The van der Waals surface area contributed by atoms with Gasteiger partial charge in [0.05, 0.1) is 5.56 Å². The Bertz CT molecular complexity index is 1000. The second kappa shape index (κ2) is 9.90. The Kier molecular flexibility index (Phi) is 7.25. The van der Waals surface area contributed by atoms with E-state index in [0.29, 0.717) is 13.1 Å². The molecular formula is C19H21F2N5O4S. The lowest BCUT2D eigenvalue weighted by molar-refractivity contribution is -0.114. The van der Waals surface area contributed by atoms with Gasteiger partial charge in [-0.2, -0.15) is 4.41 Å². The summed E-state index contributed by atoms with van der Waals surface area (Å²) in [6.45, 7) is 2.18. The molecule has 1 aliphatic rings. The van der Waals surface area contributed by atoms with Crippen molar-refractivity contribution < 1.29 is 27.1 Å². The number of benzene rings is 1. The summed E-state index contributed by atoms with van der Waals surface area (Å²) in [6, 6.07) is 4.66. The van der Waals surface area contributed by atoms with Gasteiger partial charge in [0.2, 0.25) is 5.91 Å². The Morgan fingerprint density at radius 1 is 1.13 bits per heavy atom. The zero-order chi connectivity index (χ0) is 22.5. The molecule has 2 heterocycles. The first kappa shape index (κ1) is 22.7. The Morgan fingerprint density at radius 2 is 1.84 bits per heavy atom. The van der Waals surface area contributed by atoms with E-state index in [2.05, 4.69) is 15.6 Å². The molecule has 1 unspecified atom stereocenters. The molecule has 1 atom stereocenters. The van der Waals surface area contributed by atoms with Crippen molar-refractivity contribution in [3.63, 3.8) is 0 Å². The first-order chi connectivity index (χ1) is 14.8. The number of nitrogens with one attached hydrogen (secondary N) is 2. The molecule has 1 aromatic carbocycles. The third-order valence-corrected chi connectivity index (χ3v) is 5.31. The maximum Gasteiger partial charge on any atom is 0.277 e. The van der Waals surface area contributed by atoms with Crippen LogP contribution in [-0.4, -0.2) is 43.7 Å². The highest BCUT2D eigenvalue weighted by molar-refractivity contribution is 7.80. The molecule has 0 spiro atoms. The molecule has 2 aromatic rings. The van der Waals surface area contributed by atoms with E-state index in [-0.39, 0.29) is 23.0 Å². The van der Waals surface area contributed by atoms with Crippen molar-refractivity contribution in [2.45, 2.75) is 26.2 Å². The minimum Gasteiger partial charge on any atom is -0.317 e. The summed E-state index contributed by atoms with van der Waals surface area (Å²) < 4.78 is 52.0. The van der Waals surface area contributed by atoms with Crippen molar-refractivity contribution in [1.82, 2.24) is 9.99 Å². The van der Waals surface area contributed by atoms with Crippen LogP contribution < -0.4 is 15.0 Å². The number of pyridine rings is 1. The number of anilines is 3. The first-order valence-corrected chi connectivity index (χ1v) is 10.5. The van der Waals surface area contributed by atoms with Crippen LogP contribution in [0.1, 0.15) is 36.5 Å². The molecular weight excluding hydrogens is 432 g/mol. The van der Waals surface area contributed by atoms with Gasteiger partial charge in [-0.3, -0.25) is 14.1 Å². The molecule has 12 heteroatoms. The predicted octanol–water partition coefficient (Wildman–Crippen LogP) is 2.91. The van der Waals surface area contributed by atoms with E-state index in [1.165, 1.54) is 24.1 Å². The van der Waals surface area contributed by atoms with E-state index >= 15 is 4.39 Å². The van der Waals surface area contributed by atoms with E-state index in [4.69, 9.17) is 0 Å². The molecule has 1 aromatic heterocycles. The number of nitrogens with zero attached hydrogens (tertiary/aromatic N) is 3. The van der Waals surface area contributed by atoms with Crippen LogP contribution in [-0.2, 0) is 16.1 Å². The van der Waals surface area contributed by atoms with Crippen LogP contribution in [0.5, 0.6) is 0 Å². The second-order valence-corrected chi connectivity index (χ2v) is 7.65. The topological polar surface area (TPSA) is 115 Å². The number of rotatable bonds is 6. The third-order valence-electron chi connectivity index (χ3n) is 4.58. The molecule has 9 nitrogen and oxygen atoms in total. The van der Waals surface area contributed by atoms with Crippen molar-refractivity contribution >= 4 is 40.3 Å². The summed E-state index contributed by atoms with van der Waals surface area (Å²) in [5.74, 6) is -3.19. The van der Waals surface area contributed by atoms with E-state index in [9.17, 15) is 22.7 Å². The Balaban J connectivity index is 1.87. The van der Waals surface area contributed by atoms with Crippen molar-refractivity contribution in [2.75, 3.05) is 28.1 Å². The monoisotopic (exact) mass is 453 g/mol. The lowest BCUT2D eigenvalue weighted by Crippen LogP contribution is -2.47. The van der Waals surface area contributed by atoms with E-state index in [1.807, 2.05) is 0 Å². The predicted molar refractivity (Wildman–Crippen MR) is 112 cm³/mol. The fourth-order valence-corrected chi connectivity index (χ4v) is 3.84.